The van der Waals surface area contributed by atoms with Crippen LogP contribution in [-0.2, 0) is 12.2 Å². The van der Waals surface area contributed by atoms with Crippen LogP contribution in [0.15, 0.2) is 33.9 Å². The third-order valence-corrected chi connectivity index (χ3v) is 3.27. The largest absolute Gasteiger partial charge is 0.416 e. The molecule has 0 unspecified atom stereocenters. The summed E-state index contributed by atoms with van der Waals surface area (Å²) < 4.78 is 18.8. The molecule has 0 aliphatic rings. The standard InChI is InChI=1S/C12H14FN3OS/c13-10-5-2-1-4-9(10)8-18-12-16-15-11(17-12)6-3-7-14/h1-2,4-5H,3,6-8,14H2/p+1. The molecular formula is C12H15FN3OS+. The van der Waals surface area contributed by atoms with Gasteiger partial charge in [0.1, 0.15) is 5.82 Å². The minimum Gasteiger partial charge on any atom is -0.416 e. The Hall–Kier alpha value is -1.40. The highest BCUT2D eigenvalue weighted by atomic mass is 32.2. The molecule has 0 fully saturated rings. The maximum Gasteiger partial charge on any atom is 0.276 e. The lowest BCUT2D eigenvalue weighted by Crippen LogP contribution is -2.50. The summed E-state index contributed by atoms with van der Waals surface area (Å²) in [5.41, 5.74) is 4.40. The van der Waals surface area contributed by atoms with Crippen molar-refractivity contribution < 1.29 is 14.5 Å². The van der Waals surface area contributed by atoms with Gasteiger partial charge < -0.3 is 10.2 Å². The van der Waals surface area contributed by atoms with Gasteiger partial charge in [-0.25, -0.2) is 4.39 Å². The van der Waals surface area contributed by atoms with Gasteiger partial charge in [-0.1, -0.05) is 30.0 Å². The summed E-state index contributed by atoms with van der Waals surface area (Å²) in [6.45, 7) is 0.847. The Kier molecular flexibility index (Phi) is 4.72. The Balaban J connectivity index is 1.90. The van der Waals surface area contributed by atoms with Gasteiger partial charge in [0.05, 0.1) is 6.54 Å². The first-order valence-electron chi connectivity index (χ1n) is 5.77. The summed E-state index contributed by atoms with van der Waals surface area (Å²) in [6.07, 6.45) is 1.68. The molecule has 2 aromatic rings. The van der Waals surface area contributed by atoms with Gasteiger partial charge in [-0.3, -0.25) is 0 Å². The number of benzene rings is 1. The van der Waals surface area contributed by atoms with Gasteiger partial charge in [0.2, 0.25) is 5.89 Å². The number of quaternary nitrogens is 1. The predicted octanol–water partition coefficient (Wildman–Crippen LogP) is 1.68. The monoisotopic (exact) mass is 268 g/mol. The molecule has 1 aromatic carbocycles. The number of aromatic nitrogens is 2. The van der Waals surface area contributed by atoms with Gasteiger partial charge in [-0.15, -0.1) is 10.2 Å². The number of halogens is 1. The van der Waals surface area contributed by atoms with Gasteiger partial charge in [0.15, 0.2) is 0 Å². The summed E-state index contributed by atoms with van der Waals surface area (Å²) in [5, 5.41) is 8.33. The normalized spacial score (nSPS) is 10.8. The van der Waals surface area contributed by atoms with E-state index >= 15 is 0 Å². The second kappa shape index (κ2) is 6.51. The second-order valence-electron chi connectivity index (χ2n) is 3.80. The Morgan fingerprint density at radius 3 is 2.89 bits per heavy atom. The lowest BCUT2D eigenvalue weighted by molar-refractivity contribution is -0.368. The Morgan fingerprint density at radius 2 is 2.11 bits per heavy atom. The van der Waals surface area contributed by atoms with E-state index < -0.39 is 0 Å². The van der Waals surface area contributed by atoms with E-state index in [1.165, 1.54) is 17.8 Å². The average molecular weight is 268 g/mol. The molecule has 4 nitrogen and oxygen atoms in total. The molecule has 3 N–H and O–H groups in total. The molecular weight excluding hydrogens is 253 g/mol. The van der Waals surface area contributed by atoms with Crippen molar-refractivity contribution in [2.75, 3.05) is 6.54 Å². The summed E-state index contributed by atoms with van der Waals surface area (Å²) in [7, 11) is 0. The quantitative estimate of drug-likeness (QED) is 0.809. The molecule has 0 amide bonds. The number of nitrogens with zero attached hydrogens (tertiary/aromatic N) is 2. The first kappa shape index (κ1) is 13.0. The lowest BCUT2D eigenvalue weighted by Gasteiger charge is -1.99. The van der Waals surface area contributed by atoms with Crippen LogP contribution in [0.2, 0.25) is 0 Å². The maximum atomic E-state index is 13.4. The van der Waals surface area contributed by atoms with Crippen molar-refractivity contribution in [1.29, 1.82) is 0 Å². The maximum absolute atomic E-state index is 13.4. The van der Waals surface area contributed by atoms with E-state index in [2.05, 4.69) is 15.9 Å². The van der Waals surface area contributed by atoms with E-state index in [1.807, 2.05) is 6.07 Å². The van der Waals surface area contributed by atoms with Crippen LogP contribution in [0, 0.1) is 5.82 Å². The fraction of sp³-hybridized carbons (Fsp3) is 0.333. The average Bonchev–Trinajstić information content (AvgIpc) is 2.83. The van der Waals surface area contributed by atoms with Crippen molar-refractivity contribution in [2.24, 2.45) is 0 Å². The Morgan fingerprint density at radius 1 is 1.28 bits per heavy atom. The zero-order valence-electron chi connectivity index (χ0n) is 9.93. The molecule has 96 valence electrons. The number of hydrogen-bond donors (Lipinski definition) is 1. The summed E-state index contributed by atoms with van der Waals surface area (Å²) >= 11 is 1.35. The van der Waals surface area contributed by atoms with Crippen LogP contribution < -0.4 is 5.73 Å². The lowest BCUT2D eigenvalue weighted by atomic mass is 10.2. The van der Waals surface area contributed by atoms with E-state index in [9.17, 15) is 4.39 Å². The predicted molar refractivity (Wildman–Crippen MR) is 66.3 cm³/mol. The molecule has 0 saturated carbocycles. The van der Waals surface area contributed by atoms with Crippen molar-refractivity contribution in [2.45, 2.75) is 23.8 Å². The van der Waals surface area contributed by atoms with Gasteiger partial charge in [0, 0.05) is 18.6 Å². The molecule has 0 radical (unpaired) electrons. The van der Waals surface area contributed by atoms with Gasteiger partial charge in [-0.05, 0) is 11.6 Å². The van der Waals surface area contributed by atoms with Crippen LogP contribution in [0.3, 0.4) is 0 Å². The molecule has 6 heteroatoms. The van der Waals surface area contributed by atoms with Crippen molar-refractivity contribution in [3.05, 3.63) is 41.5 Å². The summed E-state index contributed by atoms with van der Waals surface area (Å²) in [6, 6.07) is 6.69. The fourth-order valence-corrected chi connectivity index (χ4v) is 2.20. The molecule has 0 aliphatic heterocycles. The van der Waals surface area contributed by atoms with Crippen LogP contribution in [0.4, 0.5) is 4.39 Å². The molecule has 0 spiro atoms. The van der Waals surface area contributed by atoms with E-state index in [4.69, 9.17) is 4.42 Å². The molecule has 18 heavy (non-hydrogen) atoms. The fourth-order valence-electron chi connectivity index (χ4n) is 1.43. The van der Waals surface area contributed by atoms with Crippen LogP contribution in [-0.4, -0.2) is 16.7 Å². The minimum absolute atomic E-state index is 0.207. The Labute approximate surface area is 109 Å². The van der Waals surface area contributed by atoms with Crippen LogP contribution in [0.5, 0.6) is 0 Å². The number of aryl methyl sites for hydroxylation is 1. The van der Waals surface area contributed by atoms with Gasteiger partial charge >= 0.3 is 0 Å². The van der Waals surface area contributed by atoms with Gasteiger partial charge in [0.25, 0.3) is 5.22 Å². The molecule has 0 aliphatic carbocycles. The van der Waals surface area contributed by atoms with Crippen LogP contribution in [0.1, 0.15) is 17.9 Å². The van der Waals surface area contributed by atoms with Crippen LogP contribution in [0.25, 0.3) is 0 Å². The first-order chi connectivity index (χ1) is 8.79. The molecule has 0 bridgehead atoms. The van der Waals surface area contributed by atoms with E-state index in [0.717, 1.165) is 19.4 Å². The van der Waals surface area contributed by atoms with E-state index in [1.54, 1.807) is 12.1 Å². The highest BCUT2D eigenvalue weighted by Gasteiger charge is 2.08. The number of thioether (sulfide) groups is 1. The molecule has 1 aromatic heterocycles. The number of rotatable bonds is 6. The first-order valence-corrected chi connectivity index (χ1v) is 6.76. The topological polar surface area (TPSA) is 66.6 Å². The Bertz CT molecular complexity index is 504. The zero-order valence-corrected chi connectivity index (χ0v) is 10.8. The van der Waals surface area contributed by atoms with E-state index in [0.29, 0.717) is 22.4 Å². The molecule has 1 heterocycles. The van der Waals surface area contributed by atoms with Crippen molar-refractivity contribution >= 4 is 11.8 Å². The molecule has 2 rings (SSSR count). The van der Waals surface area contributed by atoms with E-state index in [-0.39, 0.29) is 5.82 Å². The second-order valence-corrected chi connectivity index (χ2v) is 4.73. The van der Waals surface area contributed by atoms with Crippen molar-refractivity contribution in [3.8, 4) is 0 Å². The minimum atomic E-state index is -0.207. The molecule has 0 atom stereocenters. The SMILES string of the molecule is [NH3+]CCCc1nnc(SCc2ccccc2F)o1. The van der Waals surface area contributed by atoms with Crippen LogP contribution >= 0.6 is 11.8 Å². The van der Waals surface area contributed by atoms with Crippen molar-refractivity contribution in [1.82, 2.24) is 10.2 Å². The number of hydrogen-bond acceptors (Lipinski definition) is 4. The highest BCUT2D eigenvalue weighted by molar-refractivity contribution is 7.98. The van der Waals surface area contributed by atoms with Crippen molar-refractivity contribution in [3.63, 3.8) is 0 Å². The third-order valence-electron chi connectivity index (χ3n) is 2.40. The molecule has 0 saturated heterocycles. The summed E-state index contributed by atoms with van der Waals surface area (Å²) in [4.78, 5) is 0. The smallest absolute Gasteiger partial charge is 0.276 e. The van der Waals surface area contributed by atoms with Gasteiger partial charge in [-0.2, -0.15) is 0 Å². The summed E-state index contributed by atoms with van der Waals surface area (Å²) in [5.74, 6) is 0.903. The third kappa shape index (κ3) is 3.54. The highest BCUT2D eigenvalue weighted by Crippen LogP contribution is 2.22. The zero-order chi connectivity index (χ0) is 12.8.